The van der Waals surface area contributed by atoms with Crippen molar-refractivity contribution in [2.24, 2.45) is 5.41 Å². The summed E-state index contributed by atoms with van der Waals surface area (Å²) in [7, 11) is 0. The summed E-state index contributed by atoms with van der Waals surface area (Å²) in [5, 5.41) is 5.55. The van der Waals surface area contributed by atoms with E-state index in [2.05, 4.69) is 37.6 Å². The number of nitrogens with zero attached hydrogens (tertiary/aromatic N) is 2. The number of esters is 1. The molecule has 2 atom stereocenters. The Morgan fingerprint density at radius 1 is 1.13 bits per heavy atom. The van der Waals surface area contributed by atoms with Gasteiger partial charge >= 0.3 is 5.97 Å². The van der Waals surface area contributed by atoms with E-state index in [4.69, 9.17) is 21.4 Å². The molecule has 0 saturated heterocycles. The van der Waals surface area contributed by atoms with E-state index in [-0.39, 0.29) is 23.4 Å². The van der Waals surface area contributed by atoms with Crippen LogP contribution in [0.15, 0.2) is 54.6 Å². The average Bonchev–Trinajstić information content (AvgIpc) is 3.29. The molecule has 5 heteroatoms. The number of hydrogen-bond donors (Lipinski definition) is 0. The van der Waals surface area contributed by atoms with Crippen molar-refractivity contribution in [3.63, 3.8) is 0 Å². The Balaban J connectivity index is 1.53. The first-order valence-corrected chi connectivity index (χ1v) is 10.8. The van der Waals surface area contributed by atoms with Gasteiger partial charge in [0.1, 0.15) is 12.3 Å². The number of para-hydroxylation sites is 1. The highest BCUT2D eigenvalue weighted by Crippen LogP contribution is 2.68. The van der Waals surface area contributed by atoms with Gasteiger partial charge in [0.05, 0.1) is 16.9 Å². The molecular formula is C25H25ClN2O2. The van der Waals surface area contributed by atoms with Crippen molar-refractivity contribution >= 4 is 17.6 Å². The van der Waals surface area contributed by atoms with Gasteiger partial charge in [-0.1, -0.05) is 50.6 Å². The Bertz CT molecular complexity index is 1120. The molecule has 1 aromatic heterocycles. The highest BCUT2D eigenvalue weighted by atomic mass is 35.5. The SMILES string of the molecule is CC12CCC(c3c(COC(=O)c4ccc(Cl)cc4)nn(-c4ccccc4)c31)C2(C)C. The third kappa shape index (κ3) is 2.66. The smallest absolute Gasteiger partial charge is 0.338 e. The van der Waals surface area contributed by atoms with Crippen molar-refractivity contribution in [2.75, 3.05) is 0 Å². The van der Waals surface area contributed by atoms with E-state index in [0.717, 1.165) is 24.2 Å². The number of carbonyl (C=O) groups excluding carboxylic acids is 1. The van der Waals surface area contributed by atoms with Crippen molar-refractivity contribution in [1.82, 2.24) is 9.78 Å². The number of rotatable bonds is 4. The maximum Gasteiger partial charge on any atom is 0.338 e. The zero-order valence-electron chi connectivity index (χ0n) is 17.5. The van der Waals surface area contributed by atoms with Gasteiger partial charge in [-0.15, -0.1) is 0 Å². The Hall–Kier alpha value is -2.59. The first kappa shape index (κ1) is 19.4. The predicted octanol–water partition coefficient (Wildman–Crippen LogP) is 6.06. The quantitative estimate of drug-likeness (QED) is 0.482. The van der Waals surface area contributed by atoms with Gasteiger partial charge in [0.25, 0.3) is 0 Å². The number of benzene rings is 2. The second-order valence-electron chi connectivity index (χ2n) is 9.18. The molecule has 4 nitrogen and oxygen atoms in total. The largest absolute Gasteiger partial charge is 0.455 e. The lowest BCUT2D eigenvalue weighted by Crippen LogP contribution is -2.33. The van der Waals surface area contributed by atoms with Gasteiger partial charge in [0.2, 0.25) is 0 Å². The summed E-state index contributed by atoms with van der Waals surface area (Å²) in [6.07, 6.45) is 2.30. The number of fused-ring (bicyclic) bond motifs is 5. The van der Waals surface area contributed by atoms with E-state index in [1.807, 2.05) is 18.2 Å². The molecule has 2 unspecified atom stereocenters. The van der Waals surface area contributed by atoms with Gasteiger partial charge in [0.15, 0.2) is 0 Å². The fourth-order valence-electron chi connectivity index (χ4n) is 5.47. The first-order chi connectivity index (χ1) is 14.3. The Labute approximate surface area is 181 Å². The van der Waals surface area contributed by atoms with Crippen molar-refractivity contribution in [1.29, 1.82) is 0 Å². The third-order valence-corrected chi connectivity index (χ3v) is 7.77. The standard InChI is InChI=1S/C25H25ClN2O2/c1-24(2)19-13-14-25(24,3)22-21(19)20(27-28(22)18-7-5-4-6-8-18)15-30-23(29)16-9-11-17(26)12-10-16/h4-12,19H,13-15H2,1-3H3. The maximum absolute atomic E-state index is 12.6. The second-order valence-corrected chi connectivity index (χ2v) is 9.62. The van der Waals surface area contributed by atoms with Crippen LogP contribution < -0.4 is 0 Å². The van der Waals surface area contributed by atoms with E-state index in [1.165, 1.54) is 11.3 Å². The summed E-state index contributed by atoms with van der Waals surface area (Å²) in [4.78, 5) is 12.6. The lowest BCUT2D eigenvalue weighted by molar-refractivity contribution is 0.0465. The number of hydrogen-bond acceptors (Lipinski definition) is 3. The molecule has 0 radical (unpaired) electrons. The van der Waals surface area contributed by atoms with Crippen LogP contribution in [-0.2, 0) is 16.8 Å². The minimum Gasteiger partial charge on any atom is -0.455 e. The lowest BCUT2D eigenvalue weighted by atomic mass is 9.70. The molecule has 5 rings (SSSR count). The molecule has 1 fully saturated rings. The third-order valence-electron chi connectivity index (χ3n) is 7.52. The van der Waals surface area contributed by atoms with Crippen LogP contribution in [0, 0.1) is 5.41 Å². The van der Waals surface area contributed by atoms with Gasteiger partial charge in [-0.2, -0.15) is 5.10 Å². The van der Waals surface area contributed by atoms with Crippen LogP contribution in [-0.4, -0.2) is 15.7 Å². The second kappa shape index (κ2) is 6.71. The molecule has 1 heterocycles. The molecular weight excluding hydrogens is 396 g/mol. The van der Waals surface area contributed by atoms with Gasteiger partial charge < -0.3 is 4.74 Å². The van der Waals surface area contributed by atoms with Crippen LogP contribution in [0.4, 0.5) is 0 Å². The van der Waals surface area contributed by atoms with E-state index in [1.54, 1.807) is 24.3 Å². The molecule has 0 spiro atoms. The minimum absolute atomic E-state index is 0.0499. The van der Waals surface area contributed by atoms with E-state index in [0.29, 0.717) is 16.5 Å². The average molecular weight is 421 g/mol. The van der Waals surface area contributed by atoms with Gasteiger partial charge in [-0.05, 0) is 60.6 Å². The number of aromatic nitrogens is 2. The van der Waals surface area contributed by atoms with Crippen LogP contribution in [0.1, 0.15) is 66.8 Å². The van der Waals surface area contributed by atoms with Crippen molar-refractivity contribution in [2.45, 2.75) is 51.6 Å². The molecule has 3 aromatic rings. The van der Waals surface area contributed by atoms with Gasteiger partial charge in [-0.3, -0.25) is 0 Å². The van der Waals surface area contributed by atoms with Crippen LogP contribution in [0.25, 0.3) is 5.69 Å². The molecule has 0 aliphatic heterocycles. The molecule has 2 aliphatic rings. The Kier molecular flexibility index (Phi) is 4.33. The normalized spacial score (nSPS) is 23.4. The van der Waals surface area contributed by atoms with Crippen molar-refractivity contribution in [3.05, 3.63) is 82.1 Å². The molecule has 2 bridgehead atoms. The summed E-state index contributed by atoms with van der Waals surface area (Å²) in [5.74, 6) is 0.0718. The van der Waals surface area contributed by atoms with E-state index >= 15 is 0 Å². The first-order valence-electron chi connectivity index (χ1n) is 10.4. The Morgan fingerprint density at radius 3 is 2.53 bits per heavy atom. The number of halogens is 1. The van der Waals surface area contributed by atoms with Crippen LogP contribution >= 0.6 is 11.6 Å². The van der Waals surface area contributed by atoms with Crippen molar-refractivity contribution < 1.29 is 9.53 Å². The Morgan fingerprint density at radius 2 is 1.83 bits per heavy atom. The van der Waals surface area contributed by atoms with Crippen LogP contribution in [0.5, 0.6) is 0 Å². The summed E-state index contributed by atoms with van der Waals surface area (Å²) >= 11 is 5.93. The maximum atomic E-state index is 12.6. The molecule has 2 aliphatic carbocycles. The number of ether oxygens (including phenoxy) is 1. The van der Waals surface area contributed by atoms with Crippen LogP contribution in [0.3, 0.4) is 0 Å². The summed E-state index contributed by atoms with van der Waals surface area (Å²) in [6.45, 7) is 7.27. The minimum atomic E-state index is -0.358. The summed E-state index contributed by atoms with van der Waals surface area (Å²) in [5.41, 5.74) is 5.17. The highest BCUT2D eigenvalue weighted by Gasteiger charge is 2.62. The fourth-order valence-corrected chi connectivity index (χ4v) is 5.59. The molecule has 1 saturated carbocycles. The monoisotopic (exact) mass is 420 g/mol. The van der Waals surface area contributed by atoms with Gasteiger partial charge in [-0.25, -0.2) is 9.48 Å². The highest BCUT2D eigenvalue weighted by molar-refractivity contribution is 6.30. The zero-order valence-corrected chi connectivity index (χ0v) is 18.2. The molecule has 0 amide bonds. The molecule has 2 aromatic carbocycles. The molecule has 0 N–H and O–H groups in total. The lowest BCUT2D eigenvalue weighted by Gasteiger charge is -2.35. The zero-order chi connectivity index (χ0) is 21.1. The topological polar surface area (TPSA) is 44.1 Å². The van der Waals surface area contributed by atoms with E-state index < -0.39 is 0 Å². The fraction of sp³-hybridized carbons (Fsp3) is 0.360. The van der Waals surface area contributed by atoms with Crippen molar-refractivity contribution in [3.8, 4) is 5.69 Å². The van der Waals surface area contributed by atoms with E-state index in [9.17, 15) is 4.79 Å². The number of carbonyl (C=O) groups is 1. The predicted molar refractivity (Wildman–Crippen MR) is 117 cm³/mol. The summed E-state index contributed by atoms with van der Waals surface area (Å²) < 4.78 is 7.76. The van der Waals surface area contributed by atoms with Gasteiger partial charge in [0, 0.05) is 16.0 Å². The molecule has 30 heavy (non-hydrogen) atoms. The molecule has 154 valence electrons. The van der Waals surface area contributed by atoms with Crippen LogP contribution in [0.2, 0.25) is 5.02 Å². The summed E-state index contributed by atoms with van der Waals surface area (Å²) in [6, 6.07) is 17.0.